The monoisotopic (exact) mass is 128 g/mol. The van der Waals surface area contributed by atoms with E-state index in [4.69, 9.17) is 5.11 Å². The van der Waals surface area contributed by atoms with Gasteiger partial charge in [0.1, 0.15) is 5.78 Å². The van der Waals surface area contributed by atoms with E-state index in [1.165, 1.54) is 0 Å². The molecule has 0 aromatic carbocycles. The second kappa shape index (κ2) is 2.48. The predicted molar refractivity (Wildman–Crippen MR) is 34.0 cm³/mol. The van der Waals surface area contributed by atoms with E-state index in [9.17, 15) is 4.79 Å². The molecular weight excluding hydrogens is 116 g/mol. The van der Waals surface area contributed by atoms with Crippen molar-refractivity contribution >= 4 is 5.78 Å². The summed E-state index contributed by atoms with van der Waals surface area (Å²) in [4.78, 5) is 10.9. The van der Waals surface area contributed by atoms with Gasteiger partial charge in [-0.3, -0.25) is 4.79 Å². The molecule has 0 saturated heterocycles. The second-order valence-corrected chi connectivity index (χ2v) is 2.67. The van der Waals surface area contributed by atoms with E-state index in [2.05, 4.69) is 0 Å². The third-order valence-electron chi connectivity index (χ3n) is 1.94. The number of hydrogen-bond acceptors (Lipinski definition) is 2. The molecule has 2 atom stereocenters. The van der Waals surface area contributed by atoms with Crippen LogP contribution in [0.25, 0.3) is 0 Å². The molecule has 1 rings (SSSR count). The van der Waals surface area contributed by atoms with Crippen LogP contribution in [-0.2, 0) is 4.79 Å². The van der Waals surface area contributed by atoms with E-state index in [0.717, 1.165) is 6.42 Å². The molecule has 52 valence electrons. The first kappa shape index (κ1) is 6.75. The fourth-order valence-electron chi connectivity index (χ4n) is 1.34. The summed E-state index contributed by atoms with van der Waals surface area (Å²) in [6.07, 6.45) is 1.62. The van der Waals surface area contributed by atoms with Crippen molar-refractivity contribution in [3.63, 3.8) is 0 Å². The van der Waals surface area contributed by atoms with Gasteiger partial charge in [-0.05, 0) is 12.8 Å². The Morgan fingerprint density at radius 1 is 1.78 bits per heavy atom. The highest BCUT2D eigenvalue weighted by Gasteiger charge is 2.29. The molecule has 0 aliphatic heterocycles. The van der Waals surface area contributed by atoms with Crippen LogP contribution in [0.5, 0.6) is 0 Å². The summed E-state index contributed by atoms with van der Waals surface area (Å²) >= 11 is 0. The molecule has 0 aromatic rings. The Kier molecular flexibility index (Phi) is 1.86. The van der Waals surface area contributed by atoms with Crippen molar-refractivity contribution in [1.29, 1.82) is 0 Å². The molecule has 0 radical (unpaired) electrons. The molecule has 0 heterocycles. The maximum absolute atomic E-state index is 10.9. The van der Waals surface area contributed by atoms with Gasteiger partial charge in [-0.25, -0.2) is 0 Å². The Bertz CT molecular complexity index is 120. The highest BCUT2D eigenvalue weighted by Crippen LogP contribution is 2.23. The lowest BCUT2D eigenvalue weighted by Gasteiger charge is -2.00. The summed E-state index contributed by atoms with van der Waals surface area (Å²) < 4.78 is 0. The first-order valence-electron chi connectivity index (χ1n) is 3.44. The van der Waals surface area contributed by atoms with Crippen molar-refractivity contribution < 1.29 is 9.90 Å². The van der Waals surface area contributed by atoms with Gasteiger partial charge >= 0.3 is 0 Å². The third-order valence-corrected chi connectivity index (χ3v) is 1.94. The molecule has 2 heteroatoms. The molecule has 2 nitrogen and oxygen atoms in total. The molecule has 1 aliphatic carbocycles. The Balaban J connectivity index is 2.48. The van der Waals surface area contributed by atoms with Crippen molar-refractivity contribution in [2.45, 2.75) is 32.3 Å². The fourth-order valence-corrected chi connectivity index (χ4v) is 1.34. The van der Waals surface area contributed by atoms with Crippen LogP contribution in [0, 0.1) is 5.92 Å². The molecule has 1 aliphatic rings. The first-order valence-corrected chi connectivity index (χ1v) is 3.44. The molecule has 1 N–H and O–H groups in total. The number of carbonyl (C=O) groups is 1. The molecule has 0 amide bonds. The van der Waals surface area contributed by atoms with Crippen molar-refractivity contribution in [2.75, 3.05) is 0 Å². The van der Waals surface area contributed by atoms with E-state index in [-0.39, 0.29) is 17.8 Å². The van der Waals surface area contributed by atoms with Crippen molar-refractivity contribution in [3.05, 3.63) is 0 Å². The van der Waals surface area contributed by atoms with E-state index in [1.54, 1.807) is 0 Å². The van der Waals surface area contributed by atoms with Crippen LogP contribution in [0.3, 0.4) is 0 Å². The first-order chi connectivity index (χ1) is 4.24. The summed E-state index contributed by atoms with van der Waals surface area (Å²) in [5.41, 5.74) is 0. The molecular formula is C7H12O2. The summed E-state index contributed by atoms with van der Waals surface area (Å²) in [5.74, 6) is 0.394. The summed E-state index contributed by atoms with van der Waals surface area (Å²) in [6, 6.07) is 0. The largest absolute Gasteiger partial charge is 0.393 e. The molecule has 2 unspecified atom stereocenters. The van der Waals surface area contributed by atoms with Crippen LogP contribution < -0.4 is 0 Å². The average Bonchev–Trinajstić information content (AvgIpc) is 2.10. The lowest BCUT2D eigenvalue weighted by atomic mass is 10.1. The van der Waals surface area contributed by atoms with Gasteiger partial charge < -0.3 is 5.11 Å². The molecule has 0 bridgehead atoms. The van der Waals surface area contributed by atoms with Gasteiger partial charge in [0.15, 0.2) is 0 Å². The van der Waals surface area contributed by atoms with Gasteiger partial charge in [-0.2, -0.15) is 0 Å². The minimum Gasteiger partial charge on any atom is -0.393 e. The SMILES string of the molecule is CCC1CC(O)CC1=O. The van der Waals surface area contributed by atoms with Crippen LogP contribution in [-0.4, -0.2) is 17.0 Å². The number of Topliss-reactive ketones (excluding diaryl/α,β-unsaturated/α-hetero) is 1. The number of aliphatic hydroxyl groups is 1. The quantitative estimate of drug-likeness (QED) is 0.565. The molecule has 0 spiro atoms. The van der Waals surface area contributed by atoms with Gasteiger partial charge in [0.25, 0.3) is 0 Å². The lowest BCUT2D eigenvalue weighted by Crippen LogP contribution is -2.03. The fraction of sp³-hybridized carbons (Fsp3) is 0.857. The third kappa shape index (κ3) is 1.30. The number of rotatable bonds is 1. The van der Waals surface area contributed by atoms with Gasteiger partial charge in [-0.15, -0.1) is 0 Å². The normalized spacial score (nSPS) is 35.6. The second-order valence-electron chi connectivity index (χ2n) is 2.67. The van der Waals surface area contributed by atoms with Gasteiger partial charge in [0.05, 0.1) is 6.10 Å². The maximum Gasteiger partial charge on any atom is 0.138 e. The Hall–Kier alpha value is -0.370. The van der Waals surface area contributed by atoms with Crippen LogP contribution in [0.2, 0.25) is 0 Å². The smallest absolute Gasteiger partial charge is 0.138 e. The van der Waals surface area contributed by atoms with Crippen LogP contribution >= 0.6 is 0 Å². The van der Waals surface area contributed by atoms with E-state index >= 15 is 0 Å². The van der Waals surface area contributed by atoms with E-state index in [0.29, 0.717) is 12.8 Å². The van der Waals surface area contributed by atoms with Gasteiger partial charge in [0.2, 0.25) is 0 Å². The summed E-state index contributed by atoms with van der Waals surface area (Å²) in [6.45, 7) is 1.99. The number of aliphatic hydroxyl groups excluding tert-OH is 1. The number of hydrogen-bond donors (Lipinski definition) is 1. The molecule has 9 heavy (non-hydrogen) atoms. The summed E-state index contributed by atoms with van der Waals surface area (Å²) in [7, 11) is 0. The van der Waals surface area contributed by atoms with Crippen molar-refractivity contribution in [2.24, 2.45) is 5.92 Å². The average molecular weight is 128 g/mol. The standard InChI is InChI=1S/C7H12O2/c1-2-5-3-6(8)4-7(5)9/h5-6,8H,2-4H2,1H3. The number of ketones is 1. The van der Waals surface area contributed by atoms with Crippen LogP contribution in [0.1, 0.15) is 26.2 Å². The Morgan fingerprint density at radius 2 is 2.44 bits per heavy atom. The zero-order valence-electron chi connectivity index (χ0n) is 5.63. The van der Waals surface area contributed by atoms with Crippen molar-refractivity contribution in [1.82, 2.24) is 0 Å². The van der Waals surface area contributed by atoms with E-state index in [1.807, 2.05) is 6.92 Å². The summed E-state index contributed by atoms with van der Waals surface area (Å²) in [5, 5.41) is 8.98. The number of carbonyl (C=O) groups excluding carboxylic acids is 1. The predicted octanol–water partition coefficient (Wildman–Crippen LogP) is 0.736. The minimum atomic E-state index is -0.345. The lowest BCUT2D eigenvalue weighted by molar-refractivity contribution is -0.121. The van der Waals surface area contributed by atoms with Crippen LogP contribution in [0.4, 0.5) is 0 Å². The topological polar surface area (TPSA) is 37.3 Å². The molecule has 1 fully saturated rings. The molecule has 1 saturated carbocycles. The van der Waals surface area contributed by atoms with E-state index < -0.39 is 0 Å². The highest BCUT2D eigenvalue weighted by atomic mass is 16.3. The zero-order valence-corrected chi connectivity index (χ0v) is 5.63. The van der Waals surface area contributed by atoms with Gasteiger partial charge in [0, 0.05) is 12.3 Å². The zero-order chi connectivity index (χ0) is 6.85. The Morgan fingerprint density at radius 3 is 2.67 bits per heavy atom. The van der Waals surface area contributed by atoms with Crippen LogP contribution in [0.15, 0.2) is 0 Å². The highest BCUT2D eigenvalue weighted by molar-refractivity contribution is 5.83. The van der Waals surface area contributed by atoms with Crippen molar-refractivity contribution in [3.8, 4) is 0 Å². The maximum atomic E-state index is 10.9. The minimum absolute atomic E-state index is 0.153. The molecule has 0 aromatic heterocycles. The van der Waals surface area contributed by atoms with Gasteiger partial charge in [-0.1, -0.05) is 6.92 Å². The Labute approximate surface area is 54.9 Å².